The Hall–Kier alpha value is -2.88. The van der Waals surface area contributed by atoms with Gasteiger partial charge < -0.3 is 5.32 Å². The lowest BCUT2D eigenvalue weighted by atomic mass is 9.93. The second-order valence-corrected chi connectivity index (χ2v) is 6.65. The number of anilines is 1. The first-order chi connectivity index (χ1) is 12.9. The van der Waals surface area contributed by atoms with E-state index in [0.717, 1.165) is 11.6 Å². The number of carbonyl (C=O) groups is 1. The van der Waals surface area contributed by atoms with Crippen LogP contribution in [0.25, 0.3) is 0 Å². The molecule has 1 fully saturated rings. The number of nitriles is 1. The maximum atomic E-state index is 14.1. The zero-order valence-corrected chi connectivity index (χ0v) is 14.5. The minimum Gasteiger partial charge on any atom is -0.320 e. The summed E-state index contributed by atoms with van der Waals surface area (Å²) >= 11 is 0. The summed E-state index contributed by atoms with van der Waals surface area (Å²) in [7, 11) is 0. The third-order valence-electron chi connectivity index (χ3n) is 5.04. The molecular weight excluding hydrogens is 360 g/mol. The Kier molecular flexibility index (Phi) is 4.92. The Morgan fingerprint density at radius 3 is 2.26 bits per heavy atom. The summed E-state index contributed by atoms with van der Waals surface area (Å²) in [5.74, 6) is -8.07. The number of rotatable bonds is 5. The van der Waals surface area contributed by atoms with Gasteiger partial charge in [0.2, 0.25) is 5.91 Å². The largest absolute Gasteiger partial charge is 0.320 e. The van der Waals surface area contributed by atoms with Crippen molar-refractivity contribution < 1.29 is 22.4 Å². The Labute approximate surface area is 153 Å². The molecular formula is C20H16F4N2O. The topological polar surface area (TPSA) is 52.9 Å². The maximum absolute atomic E-state index is 14.1. The monoisotopic (exact) mass is 376 g/mol. The fourth-order valence-corrected chi connectivity index (χ4v) is 3.59. The van der Waals surface area contributed by atoms with Gasteiger partial charge in [-0.05, 0) is 24.3 Å². The van der Waals surface area contributed by atoms with Gasteiger partial charge in [-0.2, -0.15) is 5.26 Å². The minimum absolute atomic E-state index is 0.141. The zero-order valence-electron chi connectivity index (χ0n) is 14.5. The second kappa shape index (κ2) is 7.03. The molecule has 0 saturated heterocycles. The van der Waals surface area contributed by atoms with Gasteiger partial charge in [-0.15, -0.1) is 0 Å². The number of nitrogens with zero attached hydrogens (tertiary/aromatic N) is 1. The van der Waals surface area contributed by atoms with E-state index in [1.165, 1.54) is 0 Å². The van der Waals surface area contributed by atoms with Crippen molar-refractivity contribution in [2.45, 2.75) is 32.1 Å². The fourth-order valence-electron chi connectivity index (χ4n) is 3.59. The highest BCUT2D eigenvalue weighted by atomic mass is 19.2. The normalized spacial score (nSPS) is 20.8. The summed E-state index contributed by atoms with van der Waals surface area (Å²) in [5, 5.41) is 10.7. The van der Waals surface area contributed by atoms with Crippen LogP contribution in [0.15, 0.2) is 30.3 Å². The van der Waals surface area contributed by atoms with Crippen LogP contribution in [0.5, 0.6) is 0 Å². The van der Waals surface area contributed by atoms with Crippen LogP contribution in [0.2, 0.25) is 0 Å². The van der Waals surface area contributed by atoms with Crippen molar-refractivity contribution in [2.75, 3.05) is 5.32 Å². The van der Waals surface area contributed by atoms with E-state index in [2.05, 4.69) is 0 Å². The van der Waals surface area contributed by atoms with Crippen molar-refractivity contribution in [1.29, 1.82) is 5.26 Å². The Morgan fingerprint density at radius 1 is 1.15 bits per heavy atom. The zero-order chi connectivity index (χ0) is 19.8. The van der Waals surface area contributed by atoms with E-state index in [1.54, 1.807) is 0 Å². The van der Waals surface area contributed by atoms with Crippen molar-refractivity contribution in [1.82, 2.24) is 0 Å². The van der Waals surface area contributed by atoms with Gasteiger partial charge in [0.15, 0.2) is 23.3 Å². The molecule has 0 unspecified atom stereocenters. The number of benzene rings is 2. The van der Waals surface area contributed by atoms with Crippen molar-refractivity contribution in [3.8, 4) is 6.07 Å². The van der Waals surface area contributed by atoms with E-state index < -0.39 is 45.8 Å². The lowest BCUT2D eigenvalue weighted by molar-refractivity contribution is -0.121. The lowest BCUT2D eigenvalue weighted by Crippen LogP contribution is -2.27. The molecule has 3 rings (SSSR count). The first-order valence-corrected chi connectivity index (χ1v) is 8.49. The summed E-state index contributed by atoms with van der Waals surface area (Å²) in [4.78, 5) is 12.8. The van der Waals surface area contributed by atoms with Gasteiger partial charge in [0.05, 0.1) is 5.41 Å². The number of amides is 1. The van der Waals surface area contributed by atoms with Gasteiger partial charge in [0.1, 0.15) is 17.3 Å². The molecule has 0 aliphatic heterocycles. The molecule has 1 aliphatic rings. The minimum atomic E-state index is -1.83. The highest BCUT2D eigenvalue weighted by molar-refractivity contribution is 5.98. The molecule has 3 nitrogen and oxygen atoms in total. The van der Waals surface area contributed by atoms with Gasteiger partial charge >= 0.3 is 0 Å². The molecule has 140 valence electrons. The first kappa shape index (κ1) is 18.9. The average Bonchev–Trinajstić information content (AvgIpc) is 3.40. The van der Waals surface area contributed by atoms with Crippen LogP contribution in [-0.2, 0) is 4.79 Å². The number of carbonyl (C=O) groups excluding carboxylic acids is 1. The predicted molar refractivity (Wildman–Crippen MR) is 90.8 cm³/mol. The van der Waals surface area contributed by atoms with Crippen LogP contribution >= 0.6 is 0 Å². The van der Waals surface area contributed by atoms with E-state index >= 15 is 0 Å². The third kappa shape index (κ3) is 3.05. The van der Waals surface area contributed by atoms with Crippen LogP contribution in [0.4, 0.5) is 23.2 Å². The van der Waals surface area contributed by atoms with Gasteiger partial charge in [-0.1, -0.05) is 43.7 Å². The summed E-state index contributed by atoms with van der Waals surface area (Å²) in [5.41, 5.74) is -2.54. The number of halogens is 4. The SMILES string of the molecule is CCC[C@]1(C(=O)Nc2c(F)c(F)c(C#N)c(F)c2F)C[C@H]1c1ccccc1. The summed E-state index contributed by atoms with van der Waals surface area (Å²) in [6, 6.07) is 10.3. The van der Waals surface area contributed by atoms with Crippen LogP contribution in [0, 0.1) is 40.0 Å². The fraction of sp³-hybridized carbons (Fsp3) is 0.300. The van der Waals surface area contributed by atoms with E-state index in [1.807, 2.05) is 42.6 Å². The highest BCUT2D eigenvalue weighted by Gasteiger charge is 2.59. The predicted octanol–water partition coefficient (Wildman–Crippen LogP) is 5.03. The summed E-state index contributed by atoms with van der Waals surface area (Å²) in [6.07, 6.45) is 1.59. The molecule has 0 spiro atoms. The molecule has 1 amide bonds. The first-order valence-electron chi connectivity index (χ1n) is 8.49. The third-order valence-corrected chi connectivity index (χ3v) is 5.04. The molecule has 7 heteroatoms. The van der Waals surface area contributed by atoms with Gasteiger partial charge in [0, 0.05) is 0 Å². The maximum Gasteiger partial charge on any atom is 0.231 e. The van der Waals surface area contributed by atoms with E-state index in [0.29, 0.717) is 19.3 Å². The van der Waals surface area contributed by atoms with Crippen molar-refractivity contribution >= 4 is 11.6 Å². The molecule has 1 aliphatic carbocycles. The van der Waals surface area contributed by atoms with Crippen LogP contribution in [0.1, 0.15) is 43.2 Å². The second-order valence-electron chi connectivity index (χ2n) is 6.65. The Morgan fingerprint density at radius 2 is 1.74 bits per heavy atom. The smallest absolute Gasteiger partial charge is 0.231 e. The van der Waals surface area contributed by atoms with E-state index in [-0.39, 0.29) is 5.92 Å². The molecule has 2 aromatic rings. The van der Waals surface area contributed by atoms with Gasteiger partial charge in [-0.25, -0.2) is 17.6 Å². The van der Waals surface area contributed by atoms with Gasteiger partial charge in [-0.3, -0.25) is 4.79 Å². The van der Waals surface area contributed by atoms with Crippen LogP contribution in [0.3, 0.4) is 0 Å². The highest BCUT2D eigenvalue weighted by Crippen LogP contribution is 2.62. The Balaban J connectivity index is 1.94. The molecule has 2 aromatic carbocycles. The average molecular weight is 376 g/mol. The van der Waals surface area contributed by atoms with E-state index in [9.17, 15) is 22.4 Å². The molecule has 1 saturated carbocycles. The molecule has 1 N–H and O–H groups in total. The van der Waals surface area contributed by atoms with Crippen LogP contribution in [-0.4, -0.2) is 5.91 Å². The molecule has 27 heavy (non-hydrogen) atoms. The molecule has 0 aromatic heterocycles. The van der Waals surface area contributed by atoms with Crippen LogP contribution < -0.4 is 5.32 Å². The van der Waals surface area contributed by atoms with E-state index in [4.69, 9.17) is 5.26 Å². The van der Waals surface area contributed by atoms with Crippen molar-refractivity contribution in [3.05, 3.63) is 64.7 Å². The number of hydrogen-bond acceptors (Lipinski definition) is 2. The quantitative estimate of drug-likeness (QED) is 0.588. The lowest BCUT2D eigenvalue weighted by Gasteiger charge is -2.18. The van der Waals surface area contributed by atoms with Gasteiger partial charge in [0.25, 0.3) is 0 Å². The van der Waals surface area contributed by atoms with Crippen molar-refractivity contribution in [2.24, 2.45) is 5.41 Å². The molecule has 0 radical (unpaired) electrons. The molecule has 2 atom stereocenters. The van der Waals surface area contributed by atoms with Crippen molar-refractivity contribution in [3.63, 3.8) is 0 Å². The standard InChI is InChI=1S/C20H16F4N2O/c1-2-8-20(9-13(20)11-6-4-3-5-7-11)19(27)26-18-16(23)14(21)12(10-25)15(22)17(18)24/h3-7,13H,2,8-9H2,1H3,(H,26,27)/t13-,20-/m0/s1. The number of nitrogens with one attached hydrogen (secondary N) is 1. The number of hydrogen-bond donors (Lipinski definition) is 1. The summed E-state index contributed by atoms with van der Waals surface area (Å²) < 4.78 is 55.8. The molecule has 0 heterocycles. The molecule has 0 bridgehead atoms. The summed E-state index contributed by atoms with van der Waals surface area (Å²) in [6.45, 7) is 1.87. The Bertz CT molecular complexity index is 910.